The zero-order valence-electron chi connectivity index (χ0n) is 8.87. The molecule has 88 valence electrons. The van der Waals surface area contributed by atoms with Gasteiger partial charge in [0, 0.05) is 30.7 Å². The van der Waals surface area contributed by atoms with E-state index in [1.54, 1.807) is 24.3 Å². The van der Waals surface area contributed by atoms with Crippen LogP contribution in [0.3, 0.4) is 0 Å². The minimum Gasteiger partial charge on any atom is -0.478 e. The quantitative estimate of drug-likeness (QED) is 0.729. The number of nitrogens with one attached hydrogen (secondary N) is 2. The second-order valence-corrected chi connectivity index (χ2v) is 4.23. The van der Waals surface area contributed by atoms with Gasteiger partial charge in [0.25, 0.3) is 0 Å². The molecular formula is C11H15BrN2O2. The third-order valence-electron chi connectivity index (χ3n) is 2.05. The highest BCUT2D eigenvalue weighted by Crippen LogP contribution is 2.09. The van der Waals surface area contributed by atoms with Gasteiger partial charge in [-0.05, 0) is 24.3 Å². The lowest BCUT2D eigenvalue weighted by molar-refractivity contribution is 0.0697. The Balaban J connectivity index is 0.000000181. The third-order valence-corrected chi connectivity index (χ3v) is 2.58. The lowest BCUT2D eigenvalue weighted by Gasteiger charge is -2.11. The molecule has 1 aliphatic heterocycles. The van der Waals surface area contributed by atoms with E-state index >= 15 is 0 Å². The van der Waals surface area contributed by atoms with E-state index in [1.165, 1.54) is 0 Å². The van der Waals surface area contributed by atoms with Crippen molar-refractivity contribution in [3.63, 3.8) is 0 Å². The van der Waals surface area contributed by atoms with Crippen molar-refractivity contribution < 1.29 is 9.90 Å². The van der Waals surface area contributed by atoms with Gasteiger partial charge in [-0.15, -0.1) is 0 Å². The Bertz CT molecular complexity index is 312. The summed E-state index contributed by atoms with van der Waals surface area (Å²) in [4.78, 5) is 10.3. The van der Waals surface area contributed by atoms with Crippen LogP contribution in [0.25, 0.3) is 0 Å². The summed E-state index contributed by atoms with van der Waals surface area (Å²) in [6, 6.07) is 6.49. The van der Waals surface area contributed by atoms with Crippen molar-refractivity contribution in [1.29, 1.82) is 0 Å². The van der Waals surface area contributed by atoms with Crippen molar-refractivity contribution >= 4 is 21.9 Å². The summed E-state index contributed by atoms with van der Waals surface area (Å²) in [6.07, 6.45) is 0. The van der Waals surface area contributed by atoms with Crippen LogP contribution in [0.4, 0.5) is 0 Å². The topological polar surface area (TPSA) is 61.4 Å². The second kappa shape index (κ2) is 7.38. The van der Waals surface area contributed by atoms with E-state index in [-0.39, 0.29) is 0 Å². The number of benzene rings is 1. The molecule has 0 amide bonds. The van der Waals surface area contributed by atoms with Gasteiger partial charge in [0.15, 0.2) is 0 Å². The fourth-order valence-electron chi connectivity index (χ4n) is 1.20. The molecule has 0 saturated carbocycles. The van der Waals surface area contributed by atoms with Crippen LogP contribution in [0.1, 0.15) is 10.4 Å². The summed E-state index contributed by atoms with van der Waals surface area (Å²) >= 11 is 3.20. The summed E-state index contributed by atoms with van der Waals surface area (Å²) in [6.45, 7) is 4.56. The Morgan fingerprint density at radius 2 is 1.50 bits per heavy atom. The number of hydrogen-bond acceptors (Lipinski definition) is 3. The maximum Gasteiger partial charge on any atom is 0.335 e. The van der Waals surface area contributed by atoms with Crippen LogP contribution in [0.5, 0.6) is 0 Å². The molecule has 1 aromatic rings. The standard InChI is InChI=1S/C7H5BrO2.C4H10N2/c8-6-3-1-5(2-4-6)7(9)10;1-2-6-4-3-5-1/h1-4H,(H,9,10);5-6H,1-4H2. The predicted octanol–water partition coefficient (Wildman–Crippen LogP) is 1.33. The summed E-state index contributed by atoms with van der Waals surface area (Å²) in [5.74, 6) is -0.896. The molecule has 1 aliphatic rings. The van der Waals surface area contributed by atoms with Crippen LogP contribution >= 0.6 is 15.9 Å². The summed E-state index contributed by atoms with van der Waals surface area (Å²) < 4.78 is 0.887. The summed E-state index contributed by atoms with van der Waals surface area (Å²) in [5, 5.41) is 14.9. The molecule has 5 heteroatoms. The summed E-state index contributed by atoms with van der Waals surface area (Å²) in [7, 11) is 0. The Morgan fingerprint density at radius 3 is 1.81 bits per heavy atom. The highest BCUT2D eigenvalue weighted by molar-refractivity contribution is 9.10. The van der Waals surface area contributed by atoms with E-state index in [0.29, 0.717) is 5.56 Å². The van der Waals surface area contributed by atoms with Gasteiger partial charge in [0.05, 0.1) is 5.56 Å². The Hall–Kier alpha value is -0.910. The number of carboxylic acid groups (broad SMARTS) is 1. The second-order valence-electron chi connectivity index (χ2n) is 3.31. The SMILES string of the molecule is C1CNCCN1.O=C(O)c1ccc(Br)cc1. The predicted molar refractivity (Wildman–Crippen MR) is 66.8 cm³/mol. The van der Waals surface area contributed by atoms with Gasteiger partial charge in [-0.2, -0.15) is 0 Å². The minimum absolute atomic E-state index is 0.309. The lowest BCUT2D eigenvalue weighted by Crippen LogP contribution is -2.39. The summed E-state index contributed by atoms with van der Waals surface area (Å²) in [5.41, 5.74) is 0.309. The molecule has 0 atom stereocenters. The molecule has 1 saturated heterocycles. The zero-order chi connectivity index (χ0) is 11.8. The van der Waals surface area contributed by atoms with Crippen LogP contribution in [0.2, 0.25) is 0 Å². The third kappa shape index (κ3) is 5.25. The van der Waals surface area contributed by atoms with Crippen molar-refractivity contribution in [3.8, 4) is 0 Å². The maximum atomic E-state index is 10.3. The van der Waals surface area contributed by atoms with E-state index in [1.807, 2.05) is 0 Å². The van der Waals surface area contributed by atoms with Crippen LogP contribution in [0, 0.1) is 0 Å². The molecule has 3 N–H and O–H groups in total. The van der Waals surface area contributed by atoms with Gasteiger partial charge in [-0.25, -0.2) is 4.79 Å². The first-order valence-corrected chi connectivity index (χ1v) is 5.90. The molecule has 0 bridgehead atoms. The zero-order valence-corrected chi connectivity index (χ0v) is 10.5. The number of carboxylic acids is 1. The largest absolute Gasteiger partial charge is 0.478 e. The molecule has 1 heterocycles. The van der Waals surface area contributed by atoms with Gasteiger partial charge in [0.1, 0.15) is 0 Å². The molecule has 0 aliphatic carbocycles. The molecule has 16 heavy (non-hydrogen) atoms. The molecule has 0 spiro atoms. The highest BCUT2D eigenvalue weighted by Gasteiger charge is 1.99. The fourth-order valence-corrected chi connectivity index (χ4v) is 1.46. The molecule has 1 fully saturated rings. The van der Waals surface area contributed by atoms with Crippen LogP contribution in [-0.4, -0.2) is 37.3 Å². The average molecular weight is 287 g/mol. The smallest absolute Gasteiger partial charge is 0.335 e. The molecule has 0 aromatic heterocycles. The van der Waals surface area contributed by atoms with Crippen molar-refractivity contribution in [3.05, 3.63) is 34.3 Å². The van der Waals surface area contributed by atoms with Gasteiger partial charge in [-0.1, -0.05) is 15.9 Å². The van der Waals surface area contributed by atoms with Gasteiger partial charge >= 0.3 is 5.97 Å². The van der Waals surface area contributed by atoms with E-state index in [9.17, 15) is 4.79 Å². The van der Waals surface area contributed by atoms with Crippen LogP contribution in [0.15, 0.2) is 28.7 Å². The lowest BCUT2D eigenvalue weighted by atomic mass is 10.2. The molecule has 2 rings (SSSR count). The first-order valence-electron chi connectivity index (χ1n) is 5.10. The number of rotatable bonds is 1. The maximum absolute atomic E-state index is 10.3. The molecule has 0 radical (unpaired) electrons. The molecule has 1 aromatic carbocycles. The molecular weight excluding hydrogens is 272 g/mol. The Kier molecular flexibility index (Phi) is 6.07. The normalized spacial score (nSPS) is 14.8. The first kappa shape index (κ1) is 13.2. The number of halogens is 1. The Morgan fingerprint density at radius 1 is 1.06 bits per heavy atom. The van der Waals surface area contributed by atoms with Gasteiger partial charge in [-0.3, -0.25) is 0 Å². The average Bonchev–Trinajstić information content (AvgIpc) is 2.32. The molecule has 0 unspecified atom stereocenters. The number of carbonyl (C=O) groups is 1. The number of aromatic carboxylic acids is 1. The van der Waals surface area contributed by atoms with Crippen molar-refractivity contribution in [2.75, 3.05) is 26.2 Å². The van der Waals surface area contributed by atoms with Gasteiger partial charge < -0.3 is 15.7 Å². The monoisotopic (exact) mass is 286 g/mol. The first-order chi connectivity index (χ1) is 7.70. The van der Waals surface area contributed by atoms with Crippen molar-refractivity contribution in [1.82, 2.24) is 10.6 Å². The van der Waals surface area contributed by atoms with E-state index in [0.717, 1.165) is 30.7 Å². The molecule has 4 nitrogen and oxygen atoms in total. The van der Waals surface area contributed by atoms with E-state index in [4.69, 9.17) is 5.11 Å². The van der Waals surface area contributed by atoms with E-state index < -0.39 is 5.97 Å². The van der Waals surface area contributed by atoms with Crippen molar-refractivity contribution in [2.24, 2.45) is 0 Å². The number of hydrogen-bond donors (Lipinski definition) is 3. The highest BCUT2D eigenvalue weighted by atomic mass is 79.9. The Labute approximate surface area is 103 Å². The van der Waals surface area contributed by atoms with E-state index in [2.05, 4.69) is 26.6 Å². The van der Waals surface area contributed by atoms with Gasteiger partial charge in [0.2, 0.25) is 0 Å². The fraction of sp³-hybridized carbons (Fsp3) is 0.364. The minimum atomic E-state index is -0.896. The van der Waals surface area contributed by atoms with Crippen molar-refractivity contribution in [2.45, 2.75) is 0 Å². The van der Waals surface area contributed by atoms with Crippen LogP contribution in [-0.2, 0) is 0 Å². The number of piperazine rings is 1. The van der Waals surface area contributed by atoms with Crippen LogP contribution < -0.4 is 10.6 Å².